The first kappa shape index (κ1) is 21.5. The lowest BCUT2D eigenvalue weighted by molar-refractivity contribution is -0.121. The summed E-state index contributed by atoms with van der Waals surface area (Å²) in [5.41, 5.74) is 1.33. The maximum absolute atomic E-state index is 11.9. The second-order valence-electron chi connectivity index (χ2n) is 6.73. The zero-order valence-corrected chi connectivity index (χ0v) is 17.1. The molecule has 1 aliphatic rings. The van der Waals surface area contributed by atoms with Crippen LogP contribution in [-0.2, 0) is 16.1 Å². The fourth-order valence-electron chi connectivity index (χ4n) is 3.36. The number of amides is 1. The van der Waals surface area contributed by atoms with Gasteiger partial charge >= 0.3 is 5.97 Å². The molecule has 8 heteroatoms. The monoisotopic (exact) mass is 390 g/mol. The van der Waals surface area contributed by atoms with Crippen LogP contribution in [0.3, 0.4) is 0 Å². The van der Waals surface area contributed by atoms with E-state index >= 15 is 0 Å². The molecule has 0 atom stereocenters. The van der Waals surface area contributed by atoms with Gasteiger partial charge in [0.25, 0.3) is 0 Å². The predicted molar refractivity (Wildman–Crippen MR) is 108 cm³/mol. The first-order chi connectivity index (χ1) is 13.5. The van der Waals surface area contributed by atoms with Crippen LogP contribution in [0.5, 0.6) is 5.75 Å². The van der Waals surface area contributed by atoms with E-state index in [1.54, 1.807) is 26.2 Å². The van der Waals surface area contributed by atoms with Crippen molar-refractivity contribution < 1.29 is 19.1 Å². The van der Waals surface area contributed by atoms with Crippen molar-refractivity contribution in [1.29, 1.82) is 0 Å². The number of guanidine groups is 1. The second-order valence-corrected chi connectivity index (χ2v) is 6.73. The van der Waals surface area contributed by atoms with E-state index in [0.717, 1.165) is 37.5 Å². The van der Waals surface area contributed by atoms with Gasteiger partial charge in [0.1, 0.15) is 11.3 Å². The minimum absolute atomic E-state index is 0.0990. The highest BCUT2D eigenvalue weighted by Gasteiger charge is 2.23. The number of likely N-dealkylation sites (tertiary alicyclic amines) is 1. The summed E-state index contributed by atoms with van der Waals surface area (Å²) in [5, 5.41) is 6.04. The molecule has 0 unspecified atom stereocenters. The standard InChI is InChI=1S/C20H30N4O4/c1-21-18(25)12-14-7-9-24(10-8-14)20(22-2)23-13-15-5-6-17(27-3)16(11-15)19(26)28-4/h5-6,11,14H,7-10,12-13H2,1-4H3,(H,21,25)(H,22,23). The van der Waals surface area contributed by atoms with E-state index in [-0.39, 0.29) is 5.91 Å². The van der Waals surface area contributed by atoms with Crippen LogP contribution in [0.4, 0.5) is 0 Å². The third kappa shape index (κ3) is 5.61. The minimum atomic E-state index is -0.429. The van der Waals surface area contributed by atoms with Gasteiger partial charge in [-0.1, -0.05) is 6.07 Å². The molecule has 1 aliphatic heterocycles. The SMILES string of the molecule is CN=C(NCc1ccc(OC)c(C(=O)OC)c1)N1CCC(CC(=O)NC)CC1. The van der Waals surface area contributed by atoms with Crippen LogP contribution in [0, 0.1) is 5.92 Å². The molecule has 8 nitrogen and oxygen atoms in total. The molecule has 0 bridgehead atoms. The van der Waals surface area contributed by atoms with E-state index < -0.39 is 5.97 Å². The highest BCUT2D eigenvalue weighted by Crippen LogP contribution is 2.22. The van der Waals surface area contributed by atoms with Gasteiger partial charge in [-0.3, -0.25) is 9.79 Å². The largest absolute Gasteiger partial charge is 0.496 e. The summed E-state index contributed by atoms with van der Waals surface area (Å²) in [6, 6.07) is 5.43. The summed E-state index contributed by atoms with van der Waals surface area (Å²) < 4.78 is 10.1. The number of hydrogen-bond donors (Lipinski definition) is 2. The van der Waals surface area contributed by atoms with Crippen LogP contribution in [0.15, 0.2) is 23.2 Å². The number of nitrogens with zero attached hydrogens (tertiary/aromatic N) is 2. The molecule has 0 spiro atoms. The molecule has 0 saturated carbocycles. The van der Waals surface area contributed by atoms with Gasteiger partial charge in [-0.05, 0) is 36.5 Å². The van der Waals surface area contributed by atoms with Gasteiger partial charge in [-0.15, -0.1) is 0 Å². The number of benzene rings is 1. The number of carbonyl (C=O) groups excluding carboxylic acids is 2. The quantitative estimate of drug-likeness (QED) is 0.433. The number of methoxy groups -OCH3 is 2. The van der Waals surface area contributed by atoms with Gasteiger partial charge in [0.2, 0.25) is 5.91 Å². The molecule has 0 radical (unpaired) electrons. The first-order valence-electron chi connectivity index (χ1n) is 9.43. The molecule has 154 valence electrons. The van der Waals surface area contributed by atoms with E-state index in [1.807, 2.05) is 6.07 Å². The van der Waals surface area contributed by atoms with E-state index in [2.05, 4.69) is 20.5 Å². The van der Waals surface area contributed by atoms with Crippen molar-refractivity contribution in [2.75, 3.05) is 41.4 Å². The molecule has 1 aromatic carbocycles. The van der Waals surface area contributed by atoms with Gasteiger partial charge in [-0.25, -0.2) is 4.79 Å². The van der Waals surface area contributed by atoms with Crippen molar-refractivity contribution in [3.05, 3.63) is 29.3 Å². The number of carbonyl (C=O) groups is 2. The average Bonchev–Trinajstić information content (AvgIpc) is 2.74. The fourth-order valence-corrected chi connectivity index (χ4v) is 3.36. The third-order valence-corrected chi connectivity index (χ3v) is 5.00. The van der Waals surface area contributed by atoms with Gasteiger partial charge in [0.15, 0.2) is 5.96 Å². The zero-order chi connectivity index (χ0) is 20.5. The normalized spacial score (nSPS) is 15.1. The number of hydrogen-bond acceptors (Lipinski definition) is 5. The lowest BCUT2D eigenvalue weighted by atomic mass is 9.93. The van der Waals surface area contributed by atoms with Crippen LogP contribution in [-0.4, -0.2) is 64.1 Å². The smallest absolute Gasteiger partial charge is 0.341 e. The molecule has 1 heterocycles. The summed E-state index contributed by atoms with van der Waals surface area (Å²) in [7, 11) is 6.30. The van der Waals surface area contributed by atoms with Crippen molar-refractivity contribution in [3.63, 3.8) is 0 Å². The van der Waals surface area contributed by atoms with Crippen LogP contribution >= 0.6 is 0 Å². The molecule has 2 N–H and O–H groups in total. The topological polar surface area (TPSA) is 92.3 Å². The molecular formula is C20H30N4O4. The van der Waals surface area contributed by atoms with E-state index in [4.69, 9.17) is 9.47 Å². The van der Waals surface area contributed by atoms with Crippen LogP contribution in [0.2, 0.25) is 0 Å². The summed E-state index contributed by atoms with van der Waals surface area (Å²) in [6.45, 7) is 2.24. The molecular weight excluding hydrogens is 360 g/mol. The Morgan fingerprint density at radius 1 is 1.25 bits per heavy atom. The molecule has 28 heavy (non-hydrogen) atoms. The zero-order valence-electron chi connectivity index (χ0n) is 17.1. The Morgan fingerprint density at radius 3 is 2.54 bits per heavy atom. The molecule has 1 amide bonds. The number of nitrogens with one attached hydrogen (secondary N) is 2. The fraction of sp³-hybridized carbons (Fsp3) is 0.550. The maximum Gasteiger partial charge on any atom is 0.341 e. The number of esters is 1. The molecule has 0 aliphatic carbocycles. The summed E-state index contributed by atoms with van der Waals surface area (Å²) >= 11 is 0. The van der Waals surface area contributed by atoms with Crippen molar-refractivity contribution >= 4 is 17.8 Å². The summed E-state index contributed by atoms with van der Waals surface area (Å²) in [5.74, 6) is 1.38. The Morgan fingerprint density at radius 2 is 1.96 bits per heavy atom. The van der Waals surface area contributed by atoms with Crippen molar-refractivity contribution in [2.45, 2.75) is 25.8 Å². The maximum atomic E-state index is 11.9. The Balaban J connectivity index is 1.94. The van der Waals surface area contributed by atoms with Crippen molar-refractivity contribution in [2.24, 2.45) is 10.9 Å². The van der Waals surface area contributed by atoms with E-state index in [9.17, 15) is 9.59 Å². The third-order valence-electron chi connectivity index (χ3n) is 5.00. The molecule has 0 aromatic heterocycles. The summed E-state index contributed by atoms with van der Waals surface area (Å²) in [4.78, 5) is 30.1. The number of aliphatic imine (C=N–C) groups is 1. The van der Waals surface area contributed by atoms with Gasteiger partial charge in [-0.2, -0.15) is 0 Å². The highest BCUT2D eigenvalue weighted by molar-refractivity contribution is 5.92. The van der Waals surface area contributed by atoms with Crippen LogP contribution in [0.1, 0.15) is 35.2 Å². The molecule has 2 rings (SSSR count). The molecule has 1 saturated heterocycles. The van der Waals surface area contributed by atoms with Crippen molar-refractivity contribution in [3.8, 4) is 5.75 Å². The highest BCUT2D eigenvalue weighted by atomic mass is 16.5. The van der Waals surface area contributed by atoms with E-state index in [1.165, 1.54) is 14.2 Å². The number of rotatable bonds is 6. The Bertz CT molecular complexity index is 712. The lowest BCUT2D eigenvalue weighted by Crippen LogP contribution is -2.45. The molecule has 1 fully saturated rings. The van der Waals surface area contributed by atoms with Gasteiger partial charge < -0.3 is 25.0 Å². The average molecular weight is 390 g/mol. The summed E-state index contributed by atoms with van der Waals surface area (Å²) in [6.07, 6.45) is 2.50. The van der Waals surface area contributed by atoms with Gasteiger partial charge in [0.05, 0.1) is 14.2 Å². The minimum Gasteiger partial charge on any atom is -0.496 e. The number of piperidine rings is 1. The molecule has 1 aromatic rings. The number of ether oxygens (including phenoxy) is 2. The van der Waals surface area contributed by atoms with Crippen molar-refractivity contribution in [1.82, 2.24) is 15.5 Å². The Labute approximate surface area is 166 Å². The Hall–Kier alpha value is -2.77. The second kappa shape index (κ2) is 10.5. The predicted octanol–water partition coefficient (Wildman–Crippen LogP) is 1.41. The first-order valence-corrected chi connectivity index (χ1v) is 9.43. The Kier molecular flexibility index (Phi) is 8.10. The lowest BCUT2D eigenvalue weighted by Gasteiger charge is -2.34. The van der Waals surface area contributed by atoms with E-state index in [0.29, 0.717) is 30.2 Å². The van der Waals surface area contributed by atoms with Gasteiger partial charge in [0, 0.05) is 40.2 Å². The van der Waals surface area contributed by atoms with Crippen LogP contribution < -0.4 is 15.4 Å². The van der Waals surface area contributed by atoms with Crippen LogP contribution in [0.25, 0.3) is 0 Å².